The number of nitrogens with one attached hydrogen (secondary N) is 1. The van der Waals surface area contributed by atoms with Crippen LogP contribution in [0.4, 0.5) is 0 Å². The van der Waals surface area contributed by atoms with Crippen molar-refractivity contribution in [3.8, 4) is 0 Å². The zero-order chi connectivity index (χ0) is 20.0. The zero-order valence-electron chi connectivity index (χ0n) is 13.9. The van der Waals surface area contributed by atoms with Crippen molar-refractivity contribution in [3.05, 3.63) is 18.2 Å². The molecule has 0 amide bonds. The van der Waals surface area contributed by atoms with Crippen LogP contribution in [0, 0.1) is 0 Å². The Balaban J connectivity index is -0.000000314. The summed E-state index contributed by atoms with van der Waals surface area (Å²) in [6, 6.07) is -2.48. The first kappa shape index (κ1) is 29.6. The van der Waals surface area contributed by atoms with E-state index in [2.05, 4.69) is 35.2 Å². The van der Waals surface area contributed by atoms with Crippen molar-refractivity contribution < 1.29 is 49.2 Å². The van der Waals surface area contributed by atoms with Crippen molar-refractivity contribution in [2.45, 2.75) is 24.5 Å². The van der Waals surface area contributed by atoms with E-state index in [9.17, 15) is 14.4 Å². The number of carboxylic acids is 3. The Morgan fingerprint density at radius 3 is 1.54 bits per heavy atom. The second kappa shape index (κ2) is 17.2. The van der Waals surface area contributed by atoms with Crippen molar-refractivity contribution in [2.24, 2.45) is 17.2 Å². The molecule has 0 aliphatic rings. The maximum atomic E-state index is 10.3. The van der Waals surface area contributed by atoms with Crippen LogP contribution in [0.2, 0.25) is 0 Å². The Labute approximate surface area is 173 Å². The summed E-state index contributed by atoms with van der Waals surface area (Å²) in [7, 11) is 0. The number of carbonyl (C=O) groups is 3. The largest absolute Gasteiger partial charge is 0.480 e. The van der Waals surface area contributed by atoms with Gasteiger partial charge in [0.25, 0.3) is 0 Å². The quantitative estimate of drug-likeness (QED) is 0.160. The molecule has 10 N–H and O–H groups in total. The van der Waals surface area contributed by atoms with Gasteiger partial charge in [0.1, 0.15) is 18.1 Å². The van der Waals surface area contributed by atoms with E-state index in [1.807, 2.05) is 0 Å². The van der Waals surface area contributed by atoms with Crippen LogP contribution in [0.1, 0.15) is 5.69 Å². The van der Waals surface area contributed by atoms with Gasteiger partial charge in [0.05, 0.1) is 6.33 Å². The molecule has 0 radical (unpaired) electrons. The third kappa shape index (κ3) is 16.3. The maximum Gasteiger partial charge on any atom is 0.321 e. The van der Waals surface area contributed by atoms with Crippen LogP contribution in [-0.2, 0) is 40.3 Å². The molecule has 0 saturated heterocycles. The van der Waals surface area contributed by atoms with E-state index in [-0.39, 0.29) is 37.4 Å². The molecule has 1 aromatic rings. The predicted molar refractivity (Wildman–Crippen MR) is 96.8 cm³/mol. The van der Waals surface area contributed by atoms with Gasteiger partial charge < -0.3 is 37.5 Å². The minimum absolute atomic E-state index is 0. The molecule has 1 rings (SSSR count). The molecule has 0 spiro atoms. The fourth-order valence-corrected chi connectivity index (χ4v) is 1.19. The van der Waals surface area contributed by atoms with Crippen LogP contribution in [0.25, 0.3) is 0 Å². The van der Waals surface area contributed by atoms with Gasteiger partial charge in [0.15, 0.2) is 0 Å². The molecule has 146 valence electrons. The van der Waals surface area contributed by atoms with Gasteiger partial charge in [-0.15, -0.1) is 0 Å². The summed E-state index contributed by atoms with van der Waals surface area (Å²) in [6.45, 7) is 0. The molecule has 3 unspecified atom stereocenters. The van der Waals surface area contributed by atoms with Gasteiger partial charge in [-0.25, -0.2) is 4.98 Å². The van der Waals surface area contributed by atoms with E-state index in [1.165, 1.54) is 6.33 Å². The van der Waals surface area contributed by atoms with Gasteiger partial charge in [-0.1, -0.05) is 0 Å². The maximum absolute atomic E-state index is 10.3. The summed E-state index contributed by atoms with van der Waals surface area (Å²) in [6.07, 6.45) is 3.34. The van der Waals surface area contributed by atoms with E-state index in [0.717, 1.165) is 5.69 Å². The number of aliphatic carboxylic acids is 3. The van der Waals surface area contributed by atoms with Crippen molar-refractivity contribution in [2.75, 3.05) is 11.5 Å². The first-order chi connectivity index (χ1) is 11.6. The van der Waals surface area contributed by atoms with Crippen LogP contribution in [-0.4, -0.2) is 72.8 Å². The molecule has 1 heterocycles. The van der Waals surface area contributed by atoms with Gasteiger partial charge in [-0.3, -0.25) is 14.4 Å². The number of aromatic nitrogens is 2. The van der Waals surface area contributed by atoms with Crippen LogP contribution in [0.3, 0.4) is 0 Å². The smallest absolute Gasteiger partial charge is 0.321 e. The Kier molecular flexibility index (Phi) is 19.6. The van der Waals surface area contributed by atoms with Crippen molar-refractivity contribution >= 4 is 43.2 Å². The van der Waals surface area contributed by atoms with E-state index >= 15 is 0 Å². The topological polar surface area (TPSA) is 219 Å². The molecule has 3 atom stereocenters. The molecular formula is C12H23N5O6S2Zn. The number of carboxylic acid groups (broad SMARTS) is 3. The minimum atomic E-state index is -1.00. The SMILES string of the molecule is NC(CS)C(=O)O.NC(CS)C(=O)O.NC(Cc1cnc[nH]1)C(=O)O.[Zn]. The van der Waals surface area contributed by atoms with Gasteiger partial charge in [-0.05, 0) is 0 Å². The molecule has 14 heteroatoms. The second-order valence-corrected chi connectivity index (χ2v) is 5.21. The fraction of sp³-hybridized carbons (Fsp3) is 0.500. The van der Waals surface area contributed by atoms with Crippen LogP contribution < -0.4 is 17.2 Å². The molecule has 0 fully saturated rings. The third-order valence-electron chi connectivity index (χ3n) is 2.34. The first-order valence-corrected chi connectivity index (χ1v) is 7.97. The van der Waals surface area contributed by atoms with Gasteiger partial charge in [-0.2, -0.15) is 25.3 Å². The number of rotatable bonds is 7. The second-order valence-electron chi connectivity index (χ2n) is 4.48. The van der Waals surface area contributed by atoms with Gasteiger partial charge in [0.2, 0.25) is 0 Å². The number of nitrogens with two attached hydrogens (primary N) is 3. The van der Waals surface area contributed by atoms with Crippen molar-refractivity contribution in [3.63, 3.8) is 0 Å². The average molecular weight is 463 g/mol. The molecule has 0 saturated carbocycles. The number of imidazole rings is 1. The Morgan fingerprint density at radius 1 is 0.962 bits per heavy atom. The summed E-state index contributed by atoms with van der Waals surface area (Å²) in [5.74, 6) is -2.63. The monoisotopic (exact) mass is 461 g/mol. The van der Waals surface area contributed by atoms with Crippen molar-refractivity contribution in [1.29, 1.82) is 0 Å². The summed E-state index contributed by atoms with van der Waals surface area (Å²) in [5.41, 5.74) is 15.9. The van der Waals surface area contributed by atoms with E-state index in [1.54, 1.807) is 6.20 Å². The number of hydrogen-bond acceptors (Lipinski definition) is 9. The first-order valence-electron chi connectivity index (χ1n) is 6.70. The van der Waals surface area contributed by atoms with Gasteiger partial charge >= 0.3 is 17.9 Å². The summed E-state index contributed by atoms with van der Waals surface area (Å²) < 4.78 is 0. The third-order valence-corrected chi connectivity index (χ3v) is 3.13. The molecule has 0 aliphatic heterocycles. The van der Waals surface area contributed by atoms with E-state index in [0.29, 0.717) is 0 Å². The van der Waals surface area contributed by atoms with Gasteiger partial charge in [0, 0.05) is 49.3 Å². The number of thiol groups is 2. The van der Waals surface area contributed by atoms with Crippen molar-refractivity contribution in [1.82, 2.24) is 9.97 Å². The van der Waals surface area contributed by atoms with Crippen LogP contribution in [0.5, 0.6) is 0 Å². The molecule has 0 aromatic carbocycles. The van der Waals surface area contributed by atoms with E-state index in [4.69, 9.17) is 32.5 Å². The minimum Gasteiger partial charge on any atom is -0.480 e. The molecule has 11 nitrogen and oxygen atoms in total. The summed E-state index contributed by atoms with van der Waals surface area (Å²) in [4.78, 5) is 36.3. The van der Waals surface area contributed by atoms with E-state index < -0.39 is 36.0 Å². The zero-order valence-corrected chi connectivity index (χ0v) is 18.6. The molecule has 0 aliphatic carbocycles. The molecule has 1 aromatic heterocycles. The summed E-state index contributed by atoms with van der Waals surface area (Å²) >= 11 is 7.30. The molecular weight excluding hydrogens is 440 g/mol. The fourth-order valence-electron chi connectivity index (χ4n) is 0.877. The number of hydrogen-bond donors (Lipinski definition) is 9. The number of H-pyrrole nitrogens is 1. The normalized spacial score (nSPS) is 12.7. The number of nitrogens with zero attached hydrogens (tertiary/aromatic N) is 1. The number of aromatic amines is 1. The molecule has 0 bridgehead atoms. The van der Waals surface area contributed by atoms with Crippen LogP contribution in [0.15, 0.2) is 12.5 Å². The standard InChI is InChI=1S/C6H9N3O2.2C3H7NO2S.Zn/c7-5(6(10)11)1-4-2-8-3-9-4;2*4-2(1-7)3(5)6;/h2-3,5H,1,7H2,(H,8,9)(H,10,11);2*2,7H,1,4H2,(H,5,6);. The average Bonchev–Trinajstić information content (AvgIpc) is 3.06. The predicted octanol–water partition coefficient (Wildman–Crippen LogP) is -1.98. The Hall–Kier alpha value is -1.18. The summed E-state index contributed by atoms with van der Waals surface area (Å²) in [5, 5.41) is 24.4. The van der Waals surface area contributed by atoms with Crippen LogP contribution >= 0.6 is 25.3 Å². The molecule has 26 heavy (non-hydrogen) atoms. The Bertz CT molecular complexity index is 502. The Morgan fingerprint density at radius 2 is 1.35 bits per heavy atom.